The lowest BCUT2D eigenvalue weighted by molar-refractivity contribution is -0.146. The highest BCUT2D eigenvalue weighted by atomic mass is 32.2. The predicted octanol–water partition coefficient (Wildman–Crippen LogP) is 0.995. The van der Waals surface area contributed by atoms with Crippen molar-refractivity contribution in [3.05, 3.63) is 0 Å². The van der Waals surface area contributed by atoms with Crippen molar-refractivity contribution in [1.82, 2.24) is 4.90 Å². The van der Waals surface area contributed by atoms with E-state index in [1.54, 1.807) is 0 Å². The van der Waals surface area contributed by atoms with E-state index < -0.39 is 15.8 Å². The molecule has 1 N–H and O–H groups in total. The Labute approximate surface area is 114 Å². The van der Waals surface area contributed by atoms with Gasteiger partial charge in [0.25, 0.3) is 0 Å². The molecule has 5 nitrogen and oxygen atoms in total. The van der Waals surface area contributed by atoms with Crippen molar-refractivity contribution in [2.24, 2.45) is 11.8 Å². The third kappa shape index (κ3) is 3.28. The maximum Gasteiger partial charge on any atom is 0.308 e. The number of carboxylic acids is 1. The summed E-state index contributed by atoms with van der Waals surface area (Å²) < 4.78 is 23.3. The van der Waals surface area contributed by atoms with Crippen LogP contribution in [0.2, 0.25) is 0 Å². The van der Waals surface area contributed by atoms with E-state index in [1.807, 2.05) is 6.92 Å². The molecular formula is C13H23NO4S. The highest BCUT2D eigenvalue weighted by Crippen LogP contribution is 2.34. The van der Waals surface area contributed by atoms with Gasteiger partial charge in [-0.15, -0.1) is 0 Å². The standard InChI is InChI=1S/C13H23NO4S/c1-9-3-4-11(13(15)16)12(7-9)14-5-6-19(17,18)8-10(14)2/h9-12H,3-8H2,1-2H3,(H,15,16). The Kier molecular flexibility index (Phi) is 4.20. The molecule has 0 aromatic rings. The Balaban J connectivity index is 2.15. The minimum atomic E-state index is -2.94. The molecular weight excluding hydrogens is 266 g/mol. The number of hydrogen-bond acceptors (Lipinski definition) is 4. The van der Waals surface area contributed by atoms with Crippen LogP contribution in [0.25, 0.3) is 0 Å². The molecule has 1 saturated heterocycles. The molecule has 0 radical (unpaired) electrons. The van der Waals surface area contributed by atoms with Crippen molar-refractivity contribution in [3.63, 3.8) is 0 Å². The monoisotopic (exact) mass is 289 g/mol. The third-order valence-electron chi connectivity index (χ3n) is 4.54. The summed E-state index contributed by atoms with van der Waals surface area (Å²) in [4.78, 5) is 13.5. The highest BCUT2D eigenvalue weighted by Gasteiger charge is 2.41. The van der Waals surface area contributed by atoms with E-state index in [9.17, 15) is 18.3 Å². The van der Waals surface area contributed by atoms with Crippen molar-refractivity contribution >= 4 is 15.8 Å². The van der Waals surface area contributed by atoms with Crippen molar-refractivity contribution in [2.45, 2.75) is 45.2 Å². The molecule has 1 saturated carbocycles. The summed E-state index contributed by atoms with van der Waals surface area (Å²) in [5.41, 5.74) is 0. The van der Waals surface area contributed by atoms with Crippen molar-refractivity contribution < 1.29 is 18.3 Å². The van der Waals surface area contributed by atoms with Crippen LogP contribution in [0, 0.1) is 11.8 Å². The zero-order valence-corrected chi connectivity index (χ0v) is 12.4. The lowest BCUT2D eigenvalue weighted by Gasteiger charge is -2.45. The van der Waals surface area contributed by atoms with E-state index in [0.29, 0.717) is 18.9 Å². The summed E-state index contributed by atoms with van der Waals surface area (Å²) >= 11 is 0. The van der Waals surface area contributed by atoms with Gasteiger partial charge in [0.05, 0.1) is 17.4 Å². The molecule has 6 heteroatoms. The molecule has 0 spiro atoms. The topological polar surface area (TPSA) is 74.7 Å². The minimum Gasteiger partial charge on any atom is -0.481 e. The van der Waals surface area contributed by atoms with Crippen LogP contribution < -0.4 is 0 Å². The number of nitrogens with zero attached hydrogens (tertiary/aromatic N) is 1. The van der Waals surface area contributed by atoms with Gasteiger partial charge in [-0.25, -0.2) is 8.42 Å². The first kappa shape index (κ1) is 14.8. The number of carbonyl (C=O) groups is 1. The first-order chi connectivity index (χ1) is 8.80. The number of carboxylic acid groups (broad SMARTS) is 1. The normalized spacial score (nSPS) is 39.9. The number of aliphatic carboxylic acids is 1. The number of sulfone groups is 1. The van der Waals surface area contributed by atoms with Gasteiger partial charge >= 0.3 is 5.97 Å². The van der Waals surface area contributed by atoms with Crippen LogP contribution in [0.15, 0.2) is 0 Å². The fourth-order valence-corrected chi connectivity index (χ4v) is 5.09. The molecule has 0 aromatic heterocycles. The minimum absolute atomic E-state index is 0.00764. The molecule has 1 aliphatic carbocycles. The summed E-state index contributed by atoms with van der Waals surface area (Å²) in [5.74, 6) is -0.248. The van der Waals surface area contributed by atoms with Crippen LogP contribution in [-0.4, -0.2) is 54.5 Å². The molecule has 4 unspecified atom stereocenters. The lowest BCUT2D eigenvalue weighted by atomic mass is 9.78. The zero-order chi connectivity index (χ0) is 14.2. The molecule has 4 atom stereocenters. The van der Waals surface area contributed by atoms with Gasteiger partial charge in [-0.3, -0.25) is 9.69 Å². The van der Waals surface area contributed by atoms with Gasteiger partial charge in [-0.1, -0.05) is 6.92 Å². The second-order valence-corrected chi connectivity index (χ2v) is 8.36. The van der Waals surface area contributed by atoms with Crippen molar-refractivity contribution in [3.8, 4) is 0 Å². The van der Waals surface area contributed by atoms with E-state index in [0.717, 1.165) is 12.8 Å². The first-order valence-electron chi connectivity index (χ1n) is 6.99. The Hall–Kier alpha value is -0.620. The zero-order valence-electron chi connectivity index (χ0n) is 11.6. The lowest BCUT2D eigenvalue weighted by Crippen LogP contribution is -2.56. The smallest absolute Gasteiger partial charge is 0.308 e. The van der Waals surface area contributed by atoms with Crippen LogP contribution in [0.4, 0.5) is 0 Å². The summed E-state index contributed by atoms with van der Waals surface area (Å²) in [6.07, 6.45) is 2.52. The molecule has 19 heavy (non-hydrogen) atoms. The van der Waals surface area contributed by atoms with Crippen molar-refractivity contribution in [2.75, 3.05) is 18.1 Å². The summed E-state index contributed by atoms with van der Waals surface area (Å²) in [6.45, 7) is 4.52. The maximum absolute atomic E-state index is 11.6. The molecule has 1 aliphatic heterocycles. The van der Waals surface area contributed by atoms with Gasteiger partial charge in [0.1, 0.15) is 0 Å². The number of rotatable bonds is 2. The summed E-state index contributed by atoms with van der Waals surface area (Å²) in [6, 6.07) is -0.0809. The van der Waals surface area contributed by atoms with E-state index in [-0.39, 0.29) is 29.5 Å². The van der Waals surface area contributed by atoms with E-state index in [2.05, 4.69) is 11.8 Å². The fraction of sp³-hybridized carbons (Fsp3) is 0.923. The molecule has 110 valence electrons. The second-order valence-electron chi connectivity index (χ2n) is 6.13. The SMILES string of the molecule is CC1CCC(C(=O)O)C(N2CCS(=O)(=O)CC2C)C1. The first-order valence-corrected chi connectivity index (χ1v) is 8.81. The molecule has 0 aromatic carbocycles. The Morgan fingerprint density at radius 3 is 2.53 bits per heavy atom. The summed E-state index contributed by atoms with van der Waals surface area (Å²) in [7, 11) is -2.94. The van der Waals surface area contributed by atoms with Crippen LogP contribution in [-0.2, 0) is 14.6 Å². The molecule has 0 amide bonds. The van der Waals surface area contributed by atoms with Gasteiger partial charge in [-0.2, -0.15) is 0 Å². The van der Waals surface area contributed by atoms with Crippen molar-refractivity contribution in [1.29, 1.82) is 0 Å². The van der Waals surface area contributed by atoms with Gasteiger partial charge in [0, 0.05) is 18.6 Å². The predicted molar refractivity (Wildman–Crippen MR) is 72.8 cm³/mol. The molecule has 2 aliphatic rings. The molecule has 2 fully saturated rings. The van der Waals surface area contributed by atoms with Crippen LogP contribution in [0.5, 0.6) is 0 Å². The second kappa shape index (κ2) is 5.40. The summed E-state index contributed by atoms with van der Waals surface area (Å²) in [5, 5.41) is 9.37. The van der Waals surface area contributed by atoms with E-state index >= 15 is 0 Å². The Morgan fingerprint density at radius 1 is 1.26 bits per heavy atom. The molecule has 1 heterocycles. The van der Waals surface area contributed by atoms with Gasteiger partial charge in [0.2, 0.25) is 0 Å². The average molecular weight is 289 g/mol. The average Bonchev–Trinajstić information content (AvgIpc) is 2.27. The van der Waals surface area contributed by atoms with Crippen LogP contribution >= 0.6 is 0 Å². The van der Waals surface area contributed by atoms with E-state index in [1.165, 1.54) is 0 Å². The molecule has 0 bridgehead atoms. The van der Waals surface area contributed by atoms with Gasteiger partial charge in [0.15, 0.2) is 9.84 Å². The van der Waals surface area contributed by atoms with E-state index in [4.69, 9.17) is 0 Å². The Morgan fingerprint density at radius 2 is 1.95 bits per heavy atom. The quantitative estimate of drug-likeness (QED) is 0.820. The van der Waals surface area contributed by atoms with Crippen LogP contribution in [0.1, 0.15) is 33.1 Å². The maximum atomic E-state index is 11.6. The number of hydrogen-bond donors (Lipinski definition) is 1. The molecule has 2 rings (SSSR count). The largest absolute Gasteiger partial charge is 0.481 e. The fourth-order valence-electron chi connectivity index (χ4n) is 3.51. The highest BCUT2D eigenvalue weighted by molar-refractivity contribution is 7.91. The van der Waals surface area contributed by atoms with Gasteiger partial charge < -0.3 is 5.11 Å². The Bertz CT molecular complexity index is 448. The third-order valence-corrected chi connectivity index (χ3v) is 6.34. The van der Waals surface area contributed by atoms with Crippen LogP contribution in [0.3, 0.4) is 0 Å². The van der Waals surface area contributed by atoms with Gasteiger partial charge in [-0.05, 0) is 32.1 Å².